The van der Waals surface area contributed by atoms with E-state index >= 15 is 0 Å². The summed E-state index contributed by atoms with van der Waals surface area (Å²) < 4.78 is 0. The molecular formula is C34H61N. The van der Waals surface area contributed by atoms with E-state index in [2.05, 4.69) is 91.6 Å². The Labute approximate surface area is 222 Å². The minimum atomic E-state index is 0.543. The van der Waals surface area contributed by atoms with Gasteiger partial charge in [-0.05, 0) is 80.2 Å². The lowest BCUT2D eigenvalue weighted by atomic mass is 10.0. The summed E-state index contributed by atoms with van der Waals surface area (Å²) in [5.41, 5.74) is 13.5. The van der Waals surface area contributed by atoms with Crippen LogP contribution in [0.15, 0.2) is 84.1 Å². The summed E-state index contributed by atoms with van der Waals surface area (Å²) in [4.78, 5) is 0. The van der Waals surface area contributed by atoms with E-state index in [1.54, 1.807) is 0 Å². The molecule has 1 nitrogen and oxygen atoms in total. The highest BCUT2D eigenvalue weighted by Crippen LogP contribution is 2.17. The van der Waals surface area contributed by atoms with Gasteiger partial charge in [-0.15, -0.1) is 6.58 Å². The third-order valence-electron chi connectivity index (χ3n) is 5.00. The molecule has 0 aliphatic rings. The molecule has 1 heteroatoms. The molecule has 0 saturated heterocycles. The molecule has 202 valence electrons. The van der Waals surface area contributed by atoms with Crippen LogP contribution in [0.4, 0.5) is 0 Å². The number of unbranched alkanes of at least 4 members (excludes halogenated alkanes) is 1. The molecule has 0 fully saturated rings. The summed E-state index contributed by atoms with van der Waals surface area (Å²) in [7, 11) is 0. The van der Waals surface area contributed by atoms with E-state index < -0.39 is 0 Å². The minimum absolute atomic E-state index is 0.543. The molecule has 0 radical (unpaired) electrons. The molecule has 0 unspecified atom stereocenters. The first-order chi connectivity index (χ1) is 16.5. The van der Waals surface area contributed by atoms with E-state index in [4.69, 9.17) is 5.73 Å². The van der Waals surface area contributed by atoms with E-state index in [1.165, 1.54) is 36.0 Å². The standard InChI is InChI=1S/C13H21N.C10H14.C7H14.2C2H6/c1-9(2)7-8-10(3)11(4)12(5)13(6)14;1-3-9-5-7-10(4-2)8-6-9;1-4-5-6-7(2)3;2*1-2/h7-9H,3,6,14H2,1-2,4-5H3;5-8H,3-4H2,1-2H3;2,4-6H2,1,3H3;2*1-2H3/b8-7+,12-11-;;;;. The molecular weight excluding hydrogens is 422 g/mol. The van der Waals surface area contributed by atoms with Crippen molar-refractivity contribution in [2.24, 2.45) is 11.7 Å². The van der Waals surface area contributed by atoms with Gasteiger partial charge in [-0.3, -0.25) is 0 Å². The maximum Gasteiger partial charge on any atom is 0.0273 e. The van der Waals surface area contributed by atoms with Crippen molar-refractivity contribution in [3.63, 3.8) is 0 Å². The highest BCUT2D eigenvalue weighted by molar-refractivity contribution is 5.44. The molecule has 2 N–H and O–H groups in total. The Kier molecular flexibility index (Phi) is 31.9. The van der Waals surface area contributed by atoms with Gasteiger partial charge in [0.2, 0.25) is 0 Å². The lowest BCUT2D eigenvalue weighted by molar-refractivity contribution is 0.789. The number of allylic oxidation sites excluding steroid dienone is 6. The summed E-state index contributed by atoms with van der Waals surface area (Å²) in [6, 6.07) is 8.83. The predicted molar refractivity (Wildman–Crippen MR) is 167 cm³/mol. The molecule has 35 heavy (non-hydrogen) atoms. The van der Waals surface area contributed by atoms with Gasteiger partial charge in [0, 0.05) is 5.70 Å². The molecule has 1 aromatic rings. The van der Waals surface area contributed by atoms with Crippen molar-refractivity contribution in [2.75, 3.05) is 0 Å². The van der Waals surface area contributed by atoms with Gasteiger partial charge in [0.25, 0.3) is 0 Å². The molecule has 0 bridgehead atoms. The highest BCUT2D eigenvalue weighted by Gasteiger charge is 2.00. The Bertz CT molecular complexity index is 688. The van der Waals surface area contributed by atoms with Crippen molar-refractivity contribution < 1.29 is 0 Å². The van der Waals surface area contributed by atoms with Gasteiger partial charge in [-0.25, -0.2) is 0 Å². The SMILES string of the molecule is C=C(C)CCCC.C=C(N)/C(C)=C(/C)C(=C)/C=C/C(C)C.CC.CC.CCc1ccc(CC)cc1. The average Bonchev–Trinajstić information content (AvgIpc) is 2.88. The van der Waals surface area contributed by atoms with E-state index in [9.17, 15) is 0 Å². The summed E-state index contributed by atoms with van der Waals surface area (Å²) in [6.07, 6.45) is 10.2. The number of rotatable bonds is 9. The Morgan fingerprint density at radius 2 is 1.20 bits per heavy atom. The van der Waals surface area contributed by atoms with Gasteiger partial charge < -0.3 is 5.73 Å². The van der Waals surface area contributed by atoms with E-state index in [0.29, 0.717) is 11.6 Å². The first kappa shape index (κ1) is 39.9. The van der Waals surface area contributed by atoms with Gasteiger partial charge in [0.1, 0.15) is 0 Å². The largest absolute Gasteiger partial charge is 0.399 e. The van der Waals surface area contributed by atoms with Gasteiger partial charge in [0.15, 0.2) is 0 Å². The first-order valence-electron chi connectivity index (χ1n) is 13.7. The summed E-state index contributed by atoms with van der Waals surface area (Å²) >= 11 is 0. The van der Waals surface area contributed by atoms with Gasteiger partial charge in [0.05, 0.1) is 0 Å². The molecule has 1 rings (SSSR count). The third-order valence-corrected chi connectivity index (χ3v) is 5.00. The topological polar surface area (TPSA) is 26.0 Å². The molecule has 0 atom stereocenters. The summed E-state index contributed by atoms with van der Waals surface area (Å²) in [5.74, 6) is 0.543. The van der Waals surface area contributed by atoms with Crippen LogP contribution in [0.1, 0.15) is 113 Å². The monoisotopic (exact) mass is 483 g/mol. The first-order valence-corrected chi connectivity index (χ1v) is 13.7. The molecule has 1 aromatic carbocycles. The van der Waals surface area contributed by atoms with Crippen LogP contribution in [0.5, 0.6) is 0 Å². The highest BCUT2D eigenvalue weighted by atomic mass is 14.6. The second-order valence-corrected chi connectivity index (χ2v) is 8.49. The lowest BCUT2D eigenvalue weighted by Crippen LogP contribution is -1.99. The quantitative estimate of drug-likeness (QED) is 0.274. The number of aryl methyl sites for hydroxylation is 2. The van der Waals surface area contributed by atoms with Gasteiger partial charge in [-0.1, -0.05) is 124 Å². The number of benzene rings is 1. The normalized spacial score (nSPS) is 10.2. The van der Waals surface area contributed by atoms with Crippen molar-refractivity contribution in [1.82, 2.24) is 0 Å². The average molecular weight is 484 g/mol. The van der Waals surface area contributed by atoms with Crippen LogP contribution < -0.4 is 5.73 Å². The van der Waals surface area contributed by atoms with Crippen molar-refractivity contribution in [1.29, 1.82) is 0 Å². The smallest absolute Gasteiger partial charge is 0.0273 e. The van der Waals surface area contributed by atoms with E-state index in [0.717, 1.165) is 29.6 Å². The van der Waals surface area contributed by atoms with Crippen molar-refractivity contribution in [3.05, 3.63) is 95.3 Å². The van der Waals surface area contributed by atoms with Gasteiger partial charge in [-0.2, -0.15) is 0 Å². The van der Waals surface area contributed by atoms with Crippen LogP contribution in [0.25, 0.3) is 0 Å². The minimum Gasteiger partial charge on any atom is -0.399 e. The summed E-state index contributed by atoms with van der Waals surface area (Å²) in [6.45, 7) is 36.4. The second kappa shape index (κ2) is 28.0. The van der Waals surface area contributed by atoms with Gasteiger partial charge >= 0.3 is 0 Å². The Morgan fingerprint density at radius 3 is 1.43 bits per heavy atom. The fourth-order valence-electron chi connectivity index (χ4n) is 2.40. The maximum absolute atomic E-state index is 5.61. The van der Waals surface area contributed by atoms with Crippen molar-refractivity contribution >= 4 is 0 Å². The zero-order chi connectivity index (χ0) is 28.4. The Balaban J connectivity index is -0.000000201. The van der Waals surface area contributed by atoms with Crippen LogP contribution in [0, 0.1) is 5.92 Å². The molecule has 0 aliphatic heterocycles. The molecule has 0 amide bonds. The van der Waals surface area contributed by atoms with E-state index in [1.807, 2.05) is 47.6 Å². The third kappa shape index (κ3) is 26.2. The molecule has 0 saturated carbocycles. The fourth-order valence-corrected chi connectivity index (χ4v) is 2.40. The van der Waals surface area contributed by atoms with Crippen LogP contribution in [-0.4, -0.2) is 0 Å². The number of nitrogens with two attached hydrogens (primary N) is 1. The van der Waals surface area contributed by atoms with Crippen LogP contribution in [0.3, 0.4) is 0 Å². The van der Waals surface area contributed by atoms with Crippen molar-refractivity contribution in [2.45, 2.75) is 115 Å². The molecule has 0 heterocycles. The summed E-state index contributed by atoms with van der Waals surface area (Å²) in [5, 5.41) is 0. The Hall–Kier alpha value is -2.28. The molecule has 0 spiro atoms. The molecule has 0 aromatic heterocycles. The number of hydrogen-bond donors (Lipinski definition) is 1. The number of hydrogen-bond acceptors (Lipinski definition) is 1. The van der Waals surface area contributed by atoms with Crippen molar-refractivity contribution in [3.8, 4) is 0 Å². The van der Waals surface area contributed by atoms with E-state index in [-0.39, 0.29) is 0 Å². The predicted octanol–water partition coefficient (Wildman–Crippen LogP) is 11.2. The lowest BCUT2D eigenvalue weighted by Gasteiger charge is -2.07. The molecule has 0 aliphatic carbocycles. The van der Waals surface area contributed by atoms with Crippen LogP contribution in [-0.2, 0) is 12.8 Å². The van der Waals surface area contributed by atoms with Crippen LogP contribution in [0.2, 0.25) is 0 Å². The second-order valence-electron chi connectivity index (χ2n) is 8.49. The Morgan fingerprint density at radius 1 is 0.800 bits per heavy atom. The zero-order valence-electron chi connectivity index (χ0n) is 25.8. The fraction of sp³-hybridized carbons (Fsp3) is 0.529. The maximum atomic E-state index is 5.61. The van der Waals surface area contributed by atoms with Crippen LogP contribution >= 0.6 is 0 Å². The zero-order valence-corrected chi connectivity index (χ0v) is 25.8.